The van der Waals surface area contributed by atoms with Crippen LogP contribution in [0.25, 0.3) is 0 Å². The van der Waals surface area contributed by atoms with Crippen molar-refractivity contribution in [2.24, 2.45) is 0 Å². The van der Waals surface area contributed by atoms with Gasteiger partial charge in [-0.25, -0.2) is 4.79 Å². The van der Waals surface area contributed by atoms with Crippen molar-refractivity contribution in [1.29, 1.82) is 0 Å². The maximum Gasteiger partial charge on any atom is 0.490 e. The van der Waals surface area contributed by atoms with Crippen LogP contribution in [-0.2, 0) is 27.4 Å². The molecule has 0 saturated carbocycles. The average molecular weight is 471 g/mol. The molecule has 0 bridgehead atoms. The number of hydrogen-bond donors (Lipinski definition) is 3. The van der Waals surface area contributed by atoms with Gasteiger partial charge in [0.25, 0.3) is 0 Å². The van der Waals surface area contributed by atoms with Crippen LogP contribution in [0.2, 0.25) is 0 Å². The van der Waals surface area contributed by atoms with Gasteiger partial charge < -0.3 is 25.0 Å². The molecule has 0 unspecified atom stereocenters. The van der Waals surface area contributed by atoms with E-state index in [1.807, 2.05) is 42.5 Å². The summed E-state index contributed by atoms with van der Waals surface area (Å²) in [4.78, 5) is 19.3. The summed E-state index contributed by atoms with van der Waals surface area (Å²) in [6, 6.07) is 18.2. The minimum atomic E-state index is -5.08. The summed E-state index contributed by atoms with van der Waals surface area (Å²) in [7, 11) is 0. The van der Waals surface area contributed by atoms with Gasteiger partial charge in [-0.3, -0.25) is 4.79 Å². The minimum Gasteiger partial charge on any atom is -0.491 e. The zero-order valence-corrected chi connectivity index (χ0v) is 18.0. The zero-order valence-electron chi connectivity index (χ0n) is 18.0. The molecule has 182 valence electrons. The van der Waals surface area contributed by atoms with Crippen LogP contribution in [0.5, 0.6) is 5.75 Å². The maximum absolute atomic E-state index is 10.6. The molecule has 0 heterocycles. The van der Waals surface area contributed by atoms with Crippen LogP contribution in [0.4, 0.5) is 13.2 Å². The average Bonchev–Trinajstić information content (AvgIpc) is 2.77. The van der Waals surface area contributed by atoms with E-state index in [4.69, 9.17) is 24.5 Å². The Balaban J connectivity index is 0.000000675. The third-order valence-corrected chi connectivity index (χ3v) is 4.11. The predicted molar refractivity (Wildman–Crippen MR) is 115 cm³/mol. The molecule has 2 aromatic carbocycles. The number of benzene rings is 2. The molecule has 0 amide bonds. The Morgan fingerprint density at radius 3 is 2.09 bits per heavy atom. The van der Waals surface area contributed by atoms with Gasteiger partial charge >= 0.3 is 18.1 Å². The van der Waals surface area contributed by atoms with Crippen molar-refractivity contribution < 1.29 is 42.4 Å². The lowest BCUT2D eigenvalue weighted by molar-refractivity contribution is -0.192. The molecule has 0 aromatic heterocycles. The van der Waals surface area contributed by atoms with E-state index < -0.39 is 18.1 Å². The number of aliphatic carboxylic acids is 2. The molecule has 0 radical (unpaired) electrons. The largest absolute Gasteiger partial charge is 0.491 e. The van der Waals surface area contributed by atoms with Crippen LogP contribution >= 0.6 is 0 Å². The number of carbonyl (C=O) groups is 2. The van der Waals surface area contributed by atoms with Crippen LogP contribution in [0.15, 0.2) is 54.6 Å². The number of hydrogen-bond acceptors (Lipinski definition) is 5. The Labute approximate surface area is 190 Å². The molecule has 0 spiro atoms. The second kappa shape index (κ2) is 15.7. The maximum atomic E-state index is 10.6. The summed E-state index contributed by atoms with van der Waals surface area (Å²) < 4.78 is 43.0. The van der Waals surface area contributed by atoms with E-state index in [9.17, 15) is 18.0 Å². The summed E-state index contributed by atoms with van der Waals surface area (Å²) in [6.45, 7) is 3.03. The number of carboxylic acid groups (broad SMARTS) is 2. The van der Waals surface area contributed by atoms with E-state index in [-0.39, 0.29) is 6.42 Å². The first kappa shape index (κ1) is 27.9. The fraction of sp³-hybridized carbons (Fsp3) is 0.391. The Bertz CT molecular complexity index is 813. The summed E-state index contributed by atoms with van der Waals surface area (Å²) in [6.07, 6.45) is -2.98. The normalized spacial score (nSPS) is 10.8. The standard InChI is InChI=1S/C21H27NO4.C2HF3O2/c23-21(24)12-14-22-13-4-7-18-8-10-20(11-9-18)26-16-15-25-17-19-5-2-1-3-6-19;3-2(4,5)1(6)7/h1-3,5-6,8-11,22H,4,7,12-17H2,(H,23,24);(H,6,7). The Kier molecular flexibility index (Phi) is 13.2. The highest BCUT2D eigenvalue weighted by atomic mass is 19.4. The van der Waals surface area contributed by atoms with E-state index in [1.54, 1.807) is 0 Å². The van der Waals surface area contributed by atoms with Crippen LogP contribution in [0, 0.1) is 0 Å². The molecule has 2 rings (SSSR count). The van der Waals surface area contributed by atoms with Crippen molar-refractivity contribution >= 4 is 11.9 Å². The quantitative estimate of drug-likeness (QED) is 0.381. The monoisotopic (exact) mass is 471 g/mol. The molecule has 10 heteroatoms. The van der Waals surface area contributed by atoms with Crippen molar-refractivity contribution in [3.8, 4) is 5.75 Å². The summed E-state index contributed by atoms with van der Waals surface area (Å²) in [5, 5.41) is 18.8. The molecule has 0 aliphatic carbocycles. The van der Waals surface area contributed by atoms with Crippen molar-refractivity contribution in [2.45, 2.75) is 32.0 Å². The Morgan fingerprint density at radius 2 is 1.52 bits per heavy atom. The minimum absolute atomic E-state index is 0.168. The number of aryl methyl sites for hydroxylation is 1. The lowest BCUT2D eigenvalue weighted by atomic mass is 10.1. The number of carboxylic acids is 2. The summed E-state index contributed by atoms with van der Waals surface area (Å²) >= 11 is 0. The molecule has 0 aliphatic heterocycles. The van der Waals surface area contributed by atoms with Gasteiger partial charge in [0.05, 0.1) is 19.6 Å². The molecule has 3 N–H and O–H groups in total. The van der Waals surface area contributed by atoms with Crippen LogP contribution < -0.4 is 10.1 Å². The van der Waals surface area contributed by atoms with Crippen molar-refractivity contribution in [1.82, 2.24) is 5.32 Å². The third kappa shape index (κ3) is 14.6. The predicted octanol–water partition coefficient (Wildman–Crippen LogP) is 3.91. The van der Waals surface area contributed by atoms with Gasteiger partial charge in [0.15, 0.2) is 0 Å². The van der Waals surface area contributed by atoms with Gasteiger partial charge in [-0.2, -0.15) is 13.2 Å². The first-order valence-corrected chi connectivity index (χ1v) is 10.2. The van der Waals surface area contributed by atoms with E-state index >= 15 is 0 Å². The smallest absolute Gasteiger partial charge is 0.490 e. The molecule has 33 heavy (non-hydrogen) atoms. The second-order valence-electron chi connectivity index (χ2n) is 6.83. The van der Waals surface area contributed by atoms with E-state index in [0.717, 1.165) is 30.7 Å². The molecule has 0 aliphatic rings. The Morgan fingerprint density at radius 1 is 0.879 bits per heavy atom. The van der Waals surface area contributed by atoms with Crippen molar-refractivity contribution in [3.05, 3.63) is 65.7 Å². The molecule has 0 saturated heterocycles. The number of rotatable bonds is 13. The first-order valence-electron chi connectivity index (χ1n) is 10.2. The first-order chi connectivity index (χ1) is 15.7. The van der Waals surface area contributed by atoms with Crippen molar-refractivity contribution in [3.63, 3.8) is 0 Å². The lowest BCUT2D eigenvalue weighted by Gasteiger charge is -2.08. The van der Waals surface area contributed by atoms with Gasteiger partial charge in [0.1, 0.15) is 12.4 Å². The summed E-state index contributed by atoms with van der Waals surface area (Å²) in [5.74, 6) is -2.68. The van der Waals surface area contributed by atoms with Crippen LogP contribution in [0.3, 0.4) is 0 Å². The van der Waals surface area contributed by atoms with Crippen LogP contribution in [-0.4, -0.2) is 54.6 Å². The lowest BCUT2D eigenvalue weighted by Crippen LogP contribution is -2.21. The second-order valence-corrected chi connectivity index (χ2v) is 6.83. The molecular formula is C23H28F3NO6. The van der Waals surface area contributed by atoms with E-state index in [0.29, 0.717) is 26.4 Å². The highest BCUT2D eigenvalue weighted by Gasteiger charge is 2.38. The van der Waals surface area contributed by atoms with Crippen LogP contribution in [0.1, 0.15) is 24.0 Å². The number of nitrogens with one attached hydrogen (secondary N) is 1. The Hall–Kier alpha value is -3.11. The number of alkyl halides is 3. The fourth-order valence-corrected chi connectivity index (χ4v) is 2.47. The number of ether oxygens (including phenoxy) is 2. The molecule has 0 fully saturated rings. The van der Waals surface area contributed by atoms with Gasteiger partial charge in [0.2, 0.25) is 0 Å². The van der Waals surface area contributed by atoms with Gasteiger partial charge in [-0.15, -0.1) is 0 Å². The summed E-state index contributed by atoms with van der Waals surface area (Å²) in [5.41, 5.74) is 2.41. The molecule has 2 aromatic rings. The van der Waals surface area contributed by atoms with E-state index in [2.05, 4.69) is 17.4 Å². The highest BCUT2D eigenvalue weighted by molar-refractivity contribution is 5.73. The highest BCUT2D eigenvalue weighted by Crippen LogP contribution is 2.14. The molecular weight excluding hydrogens is 443 g/mol. The fourth-order valence-electron chi connectivity index (χ4n) is 2.47. The van der Waals surface area contributed by atoms with Gasteiger partial charge in [-0.05, 0) is 42.6 Å². The SMILES string of the molecule is O=C(O)C(F)(F)F.O=C(O)CCNCCCc1ccc(OCCOCc2ccccc2)cc1. The zero-order chi connectivity index (χ0) is 24.5. The topological polar surface area (TPSA) is 105 Å². The molecule has 0 atom stereocenters. The van der Waals surface area contributed by atoms with Gasteiger partial charge in [-0.1, -0.05) is 42.5 Å². The van der Waals surface area contributed by atoms with E-state index in [1.165, 1.54) is 5.56 Å². The third-order valence-electron chi connectivity index (χ3n) is 4.11. The molecule has 7 nitrogen and oxygen atoms in total. The van der Waals surface area contributed by atoms with Gasteiger partial charge in [0, 0.05) is 6.54 Å². The number of halogens is 3. The van der Waals surface area contributed by atoms with Crippen molar-refractivity contribution in [2.75, 3.05) is 26.3 Å².